The predicted molar refractivity (Wildman–Crippen MR) is 132 cm³/mol. The number of nitrogens with one attached hydrogen (secondary N) is 2. The van der Waals surface area contributed by atoms with Gasteiger partial charge in [0.25, 0.3) is 5.56 Å². The van der Waals surface area contributed by atoms with Gasteiger partial charge in [-0.25, -0.2) is 9.55 Å². The third-order valence-corrected chi connectivity index (χ3v) is 5.64. The fraction of sp³-hybridized carbons (Fsp3) is 0.0435. The summed E-state index contributed by atoms with van der Waals surface area (Å²) in [4.78, 5) is 26.6. The number of rotatable bonds is 5. The van der Waals surface area contributed by atoms with Crippen molar-refractivity contribution in [3.05, 3.63) is 93.1 Å². The SMILES string of the molecule is N#Cc1c(N)nc(N)nc1NC(c1ccccc1)c1nc2cccc(Cl)c2c(=O)n1-c1cc[nH]n1. The van der Waals surface area contributed by atoms with E-state index >= 15 is 0 Å². The third-order valence-electron chi connectivity index (χ3n) is 5.33. The lowest BCUT2D eigenvalue weighted by Crippen LogP contribution is -2.29. The molecule has 0 bridgehead atoms. The van der Waals surface area contributed by atoms with Gasteiger partial charge in [-0.1, -0.05) is 48.0 Å². The van der Waals surface area contributed by atoms with E-state index in [-0.39, 0.29) is 39.4 Å². The van der Waals surface area contributed by atoms with Crippen molar-refractivity contribution < 1.29 is 0 Å². The maximum absolute atomic E-state index is 13.7. The van der Waals surface area contributed by atoms with Crippen LogP contribution in [0.15, 0.2) is 65.6 Å². The molecule has 3 aromatic heterocycles. The number of aromatic nitrogens is 6. The zero-order chi connectivity index (χ0) is 24.5. The van der Waals surface area contributed by atoms with Gasteiger partial charge in [0.15, 0.2) is 11.6 Å². The minimum Gasteiger partial charge on any atom is -0.382 e. The Hall–Kier alpha value is -4.95. The molecular formula is C23H17ClN10O. The lowest BCUT2D eigenvalue weighted by atomic mass is 10.0. The Kier molecular flexibility index (Phi) is 5.48. The molecule has 0 saturated heterocycles. The summed E-state index contributed by atoms with van der Waals surface area (Å²) in [5, 5.41) is 20.3. The summed E-state index contributed by atoms with van der Waals surface area (Å²) < 4.78 is 1.36. The number of nitriles is 1. The van der Waals surface area contributed by atoms with Gasteiger partial charge in [0.05, 0.1) is 15.9 Å². The third kappa shape index (κ3) is 3.88. The Balaban J connectivity index is 1.83. The van der Waals surface area contributed by atoms with Crippen LogP contribution in [-0.4, -0.2) is 29.7 Å². The largest absolute Gasteiger partial charge is 0.382 e. The number of benzene rings is 2. The van der Waals surface area contributed by atoms with Crippen LogP contribution in [0.5, 0.6) is 0 Å². The predicted octanol–water partition coefficient (Wildman–Crippen LogP) is 2.79. The zero-order valence-corrected chi connectivity index (χ0v) is 18.7. The topological polar surface area (TPSA) is 177 Å². The van der Waals surface area contributed by atoms with Crippen molar-refractivity contribution in [1.82, 2.24) is 29.7 Å². The van der Waals surface area contributed by atoms with Crippen LogP contribution in [0.25, 0.3) is 16.7 Å². The minimum atomic E-state index is -0.773. The first-order valence-electron chi connectivity index (χ1n) is 10.3. The van der Waals surface area contributed by atoms with Gasteiger partial charge in [0.1, 0.15) is 29.3 Å². The number of aromatic amines is 1. The minimum absolute atomic E-state index is 0.0117. The van der Waals surface area contributed by atoms with Gasteiger partial charge in [-0.2, -0.15) is 20.3 Å². The fourth-order valence-corrected chi connectivity index (χ4v) is 4.04. The molecule has 6 N–H and O–H groups in total. The van der Waals surface area contributed by atoms with Gasteiger partial charge in [0.2, 0.25) is 5.95 Å². The highest BCUT2D eigenvalue weighted by atomic mass is 35.5. The summed E-state index contributed by atoms with van der Waals surface area (Å²) in [5.41, 5.74) is 12.4. The van der Waals surface area contributed by atoms with Gasteiger partial charge in [-0.15, -0.1) is 0 Å². The number of nitrogens with zero attached hydrogens (tertiary/aromatic N) is 6. The van der Waals surface area contributed by atoms with Crippen molar-refractivity contribution >= 4 is 40.1 Å². The number of nitrogens with two attached hydrogens (primary N) is 2. The standard InChI is InChI=1S/C23H17ClN10O/c24-14-7-4-8-15-17(14)22(35)34(16-9-10-28-33-16)21(29-15)18(12-5-2-1-3-6-12)30-20-13(11-25)19(26)31-23(27)32-20/h1-10,18H,(H,28,33)(H5,26,27,30,31,32). The monoisotopic (exact) mass is 484 g/mol. The molecule has 0 saturated carbocycles. The van der Waals surface area contributed by atoms with Crippen LogP contribution < -0.4 is 22.3 Å². The molecule has 0 spiro atoms. The first kappa shape index (κ1) is 21.9. The molecule has 35 heavy (non-hydrogen) atoms. The highest BCUT2D eigenvalue weighted by Crippen LogP contribution is 2.30. The molecule has 0 fully saturated rings. The van der Waals surface area contributed by atoms with Crippen molar-refractivity contribution in [2.45, 2.75) is 6.04 Å². The highest BCUT2D eigenvalue weighted by Gasteiger charge is 2.26. The molecule has 12 heteroatoms. The van der Waals surface area contributed by atoms with Crippen LogP contribution in [-0.2, 0) is 0 Å². The highest BCUT2D eigenvalue weighted by molar-refractivity contribution is 6.35. The number of anilines is 3. The molecule has 5 rings (SSSR count). The summed E-state index contributed by atoms with van der Waals surface area (Å²) in [6.07, 6.45) is 1.59. The van der Waals surface area contributed by atoms with Crippen LogP contribution in [0.2, 0.25) is 5.02 Å². The lowest BCUT2D eigenvalue weighted by molar-refractivity contribution is 0.746. The number of hydrogen-bond acceptors (Lipinski definition) is 9. The van der Waals surface area contributed by atoms with Gasteiger partial charge < -0.3 is 16.8 Å². The summed E-state index contributed by atoms with van der Waals surface area (Å²) >= 11 is 6.37. The van der Waals surface area contributed by atoms with E-state index in [1.807, 2.05) is 36.4 Å². The van der Waals surface area contributed by atoms with Crippen molar-refractivity contribution in [1.29, 1.82) is 5.26 Å². The van der Waals surface area contributed by atoms with Crippen LogP contribution in [0.3, 0.4) is 0 Å². The Labute approximate surface area is 203 Å². The first-order valence-corrected chi connectivity index (χ1v) is 10.7. The van der Waals surface area contributed by atoms with Crippen molar-refractivity contribution in [2.24, 2.45) is 0 Å². The molecule has 0 radical (unpaired) electrons. The number of nitrogen functional groups attached to an aromatic ring is 2. The van der Waals surface area contributed by atoms with E-state index in [1.165, 1.54) is 4.57 Å². The van der Waals surface area contributed by atoms with E-state index < -0.39 is 11.6 Å². The Morgan fingerprint density at radius 1 is 1.06 bits per heavy atom. The molecule has 0 aliphatic carbocycles. The van der Waals surface area contributed by atoms with Crippen molar-refractivity contribution in [3.63, 3.8) is 0 Å². The molecule has 11 nitrogen and oxygen atoms in total. The molecule has 1 unspecified atom stereocenters. The van der Waals surface area contributed by atoms with Gasteiger partial charge in [-0.05, 0) is 17.7 Å². The van der Waals surface area contributed by atoms with Crippen LogP contribution >= 0.6 is 11.6 Å². The van der Waals surface area contributed by atoms with E-state index in [2.05, 4.69) is 25.5 Å². The second-order valence-electron chi connectivity index (χ2n) is 7.47. The summed E-state index contributed by atoms with van der Waals surface area (Å²) in [5.74, 6) is 0.503. The average molecular weight is 485 g/mol. The summed E-state index contributed by atoms with van der Waals surface area (Å²) in [6, 6.07) is 17.1. The average Bonchev–Trinajstić information content (AvgIpc) is 3.37. The normalized spacial score (nSPS) is 11.8. The Bertz CT molecular complexity index is 1640. The Morgan fingerprint density at radius 3 is 2.57 bits per heavy atom. The lowest BCUT2D eigenvalue weighted by Gasteiger charge is -2.23. The molecule has 0 aliphatic rings. The van der Waals surface area contributed by atoms with Gasteiger partial charge in [-0.3, -0.25) is 9.89 Å². The number of hydrogen-bond donors (Lipinski definition) is 4. The smallest absolute Gasteiger partial charge is 0.268 e. The molecule has 0 aliphatic heterocycles. The van der Waals surface area contributed by atoms with E-state index in [9.17, 15) is 10.1 Å². The van der Waals surface area contributed by atoms with E-state index in [0.717, 1.165) is 5.56 Å². The van der Waals surface area contributed by atoms with Gasteiger partial charge >= 0.3 is 0 Å². The summed E-state index contributed by atoms with van der Waals surface area (Å²) in [7, 11) is 0. The van der Waals surface area contributed by atoms with Crippen LogP contribution in [0.1, 0.15) is 23.0 Å². The van der Waals surface area contributed by atoms with Crippen LogP contribution in [0, 0.1) is 11.3 Å². The van der Waals surface area contributed by atoms with Crippen LogP contribution in [0.4, 0.5) is 17.6 Å². The first-order chi connectivity index (χ1) is 17.0. The summed E-state index contributed by atoms with van der Waals surface area (Å²) in [6.45, 7) is 0. The molecular weight excluding hydrogens is 468 g/mol. The second kappa shape index (κ2) is 8.77. The number of H-pyrrole nitrogens is 1. The van der Waals surface area contributed by atoms with Crippen molar-refractivity contribution in [3.8, 4) is 11.9 Å². The second-order valence-corrected chi connectivity index (χ2v) is 7.87. The van der Waals surface area contributed by atoms with E-state index in [4.69, 9.17) is 28.1 Å². The Morgan fingerprint density at radius 2 is 1.86 bits per heavy atom. The maximum atomic E-state index is 13.7. The van der Waals surface area contributed by atoms with E-state index in [1.54, 1.807) is 30.5 Å². The quantitative estimate of drug-likeness (QED) is 0.292. The molecule has 172 valence electrons. The molecule has 0 amide bonds. The molecule has 2 aromatic carbocycles. The zero-order valence-electron chi connectivity index (χ0n) is 18.0. The number of fused-ring (bicyclic) bond motifs is 1. The maximum Gasteiger partial charge on any atom is 0.268 e. The molecule has 3 heterocycles. The van der Waals surface area contributed by atoms with Gasteiger partial charge in [0, 0.05) is 12.3 Å². The fourth-order valence-electron chi connectivity index (χ4n) is 3.79. The van der Waals surface area contributed by atoms with Crippen molar-refractivity contribution in [2.75, 3.05) is 16.8 Å². The number of halogens is 1. The molecule has 5 aromatic rings. The molecule has 1 atom stereocenters. The van der Waals surface area contributed by atoms with E-state index in [0.29, 0.717) is 11.3 Å².